The number of nitrogens with one attached hydrogen (secondary N) is 1. The molecule has 1 aliphatic rings. The highest BCUT2D eigenvalue weighted by molar-refractivity contribution is 7.13. The number of rotatable bonds is 4. The SMILES string of the molecule is Cc1ccn2cc(C(=O)Nc3nc(CN4CCC(C)CC4)cs3)nc2c1. The fourth-order valence-corrected chi connectivity index (χ4v) is 3.94. The van der Waals surface area contributed by atoms with Crippen molar-refractivity contribution in [2.24, 2.45) is 5.92 Å². The van der Waals surface area contributed by atoms with Crippen LogP contribution >= 0.6 is 11.3 Å². The first-order chi connectivity index (χ1) is 12.6. The monoisotopic (exact) mass is 369 g/mol. The lowest BCUT2D eigenvalue weighted by atomic mass is 9.99. The van der Waals surface area contributed by atoms with Crippen molar-refractivity contribution in [3.05, 3.63) is 46.9 Å². The van der Waals surface area contributed by atoms with Crippen molar-refractivity contribution in [3.8, 4) is 0 Å². The maximum atomic E-state index is 12.5. The first kappa shape index (κ1) is 17.2. The Bertz CT molecular complexity index is 923. The molecule has 0 aromatic carbocycles. The van der Waals surface area contributed by atoms with E-state index in [0.717, 1.165) is 42.5 Å². The minimum Gasteiger partial charge on any atom is -0.306 e. The molecule has 26 heavy (non-hydrogen) atoms. The van der Waals surface area contributed by atoms with Crippen LogP contribution in [0.5, 0.6) is 0 Å². The van der Waals surface area contributed by atoms with Crippen molar-refractivity contribution < 1.29 is 4.79 Å². The Morgan fingerprint density at radius 3 is 2.96 bits per heavy atom. The van der Waals surface area contributed by atoms with Crippen LogP contribution in [0.1, 0.15) is 41.5 Å². The number of hydrogen-bond acceptors (Lipinski definition) is 5. The smallest absolute Gasteiger partial charge is 0.277 e. The molecule has 0 spiro atoms. The number of aryl methyl sites for hydroxylation is 1. The van der Waals surface area contributed by atoms with Crippen molar-refractivity contribution in [2.45, 2.75) is 33.2 Å². The number of nitrogens with zero attached hydrogens (tertiary/aromatic N) is 4. The topological polar surface area (TPSA) is 62.5 Å². The number of pyridine rings is 1. The fourth-order valence-electron chi connectivity index (χ4n) is 3.24. The second-order valence-electron chi connectivity index (χ2n) is 7.15. The summed E-state index contributed by atoms with van der Waals surface area (Å²) in [5, 5.41) is 5.53. The Balaban J connectivity index is 1.40. The van der Waals surface area contributed by atoms with Gasteiger partial charge in [-0.05, 0) is 56.5 Å². The highest BCUT2D eigenvalue weighted by Crippen LogP contribution is 2.21. The number of fused-ring (bicyclic) bond motifs is 1. The van der Waals surface area contributed by atoms with Crippen molar-refractivity contribution in [2.75, 3.05) is 18.4 Å². The molecular weight excluding hydrogens is 346 g/mol. The van der Waals surface area contributed by atoms with E-state index in [1.165, 1.54) is 24.2 Å². The quantitative estimate of drug-likeness (QED) is 0.763. The fraction of sp³-hybridized carbons (Fsp3) is 0.421. The predicted octanol–water partition coefficient (Wildman–Crippen LogP) is 3.58. The third-order valence-corrected chi connectivity index (χ3v) is 5.69. The van der Waals surface area contributed by atoms with Gasteiger partial charge in [0, 0.05) is 24.3 Å². The summed E-state index contributed by atoms with van der Waals surface area (Å²) in [7, 11) is 0. The van der Waals surface area contributed by atoms with Crippen molar-refractivity contribution in [1.82, 2.24) is 19.3 Å². The number of carbonyl (C=O) groups excluding carboxylic acids is 1. The van der Waals surface area contributed by atoms with Gasteiger partial charge in [-0.1, -0.05) is 6.92 Å². The van der Waals surface area contributed by atoms with Gasteiger partial charge in [0.2, 0.25) is 0 Å². The van der Waals surface area contributed by atoms with Crippen molar-refractivity contribution in [1.29, 1.82) is 0 Å². The molecule has 0 radical (unpaired) electrons. The van der Waals surface area contributed by atoms with Gasteiger partial charge >= 0.3 is 0 Å². The second kappa shape index (κ2) is 7.17. The molecule has 1 saturated heterocycles. The van der Waals surface area contributed by atoms with Crippen LogP contribution in [0.15, 0.2) is 29.9 Å². The summed E-state index contributed by atoms with van der Waals surface area (Å²) < 4.78 is 1.85. The van der Waals surface area contributed by atoms with Crippen LogP contribution in [0.3, 0.4) is 0 Å². The number of aromatic nitrogens is 3. The van der Waals surface area contributed by atoms with Gasteiger partial charge in [0.25, 0.3) is 5.91 Å². The molecule has 1 fully saturated rings. The zero-order valence-corrected chi connectivity index (χ0v) is 15.9. The minimum absolute atomic E-state index is 0.223. The Morgan fingerprint density at radius 2 is 2.15 bits per heavy atom. The molecule has 4 heterocycles. The van der Waals surface area contributed by atoms with Gasteiger partial charge in [0.05, 0.1) is 5.69 Å². The van der Waals surface area contributed by atoms with Gasteiger partial charge in [-0.3, -0.25) is 15.0 Å². The summed E-state index contributed by atoms with van der Waals surface area (Å²) in [6.45, 7) is 7.43. The lowest BCUT2D eigenvalue weighted by molar-refractivity contribution is 0.102. The zero-order valence-electron chi connectivity index (χ0n) is 15.1. The highest BCUT2D eigenvalue weighted by atomic mass is 32.1. The lowest BCUT2D eigenvalue weighted by Gasteiger charge is -2.29. The zero-order chi connectivity index (χ0) is 18.1. The molecule has 0 aliphatic carbocycles. The summed E-state index contributed by atoms with van der Waals surface area (Å²) in [5.74, 6) is 0.602. The maximum absolute atomic E-state index is 12.5. The van der Waals surface area contributed by atoms with Crippen LogP contribution in [-0.4, -0.2) is 38.3 Å². The molecule has 0 unspecified atom stereocenters. The van der Waals surface area contributed by atoms with Crippen LogP contribution in [0.4, 0.5) is 5.13 Å². The van der Waals surface area contributed by atoms with E-state index in [2.05, 4.69) is 27.1 Å². The number of anilines is 1. The van der Waals surface area contributed by atoms with Crippen LogP contribution in [-0.2, 0) is 6.54 Å². The van der Waals surface area contributed by atoms with E-state index < -0.39 is 0 Å². The predicted molar refractivity (Wildman–Crippen MR) is 104 cm³/mol. The van der Waals surface area contributed by atoms with E-state index >= 15 is 0 Å². The molecular formula is C19H23N5OS. The maximum Gasteiger partial charge on any atom is 0.277 e. The molecule has 136 valence electrons. The molecule has 3 aromatic heterocycles. The number of amides is 1. The number of likely N-dealkylation sites (tertiary alicyclic amines) is 1. The van der Waals surface area contributed by atoms with E-state index in [4.69, 9.17) is 0 Å². The number of imidazole rings is 1. The first-order valence-electron chi connectivity index (χ1n) is 9.00. The Hall–Kier alpha value is -2.25. The summed E-state index contributed by atoms with van der Waals surface area (Å²) >= 11 is 1.47. The molecule has 6 nitrogen and oxygen atoms in total. The van der Waals surface area contributed by atoms with Gasteiger partial charge < -0.3 is 4.40 Å². The van der Waals surface area contributed by atoms with Crippen LogP contribution in [0.25, 0.3) is 5.65 Å². The third-order valence-electron chi connectivity index (χ3n) is 4.88. The molecule has 7 heteroatoms. The molecule has 0 bridgehead atoms. The second-order valence-corrected chi connectivity index (χ2v) is 8.01. The molecule has 1 amide bonds. The molecule has 4 rings (SSSR count). The average Bonchev–Trinajstić information content (AvgIpc) is 3.23. The van der Waals surface area contributed by atoms with Crippen LogP contribution in [0, 0.1) is 12.8 Å². The minimum atomic E-state index is -0.223. The number of carbonyl (C=O) groups is 1. The van der Waals surface area contributed by atoms with Crippen LogP contribution < -0.4 is 5.32 Å². The Morgan fingerprint density at radius 1 is 1.35 bits per heavy atom. The van der Waals surface area contributed by atoms with E-state index in [-0.39, 0.29) is 5.91 Å². The number of thiazole rings is 1. The van der Waals surface area contributed by atoms with E-state index in [1.807, 2.05) is 35.0 Å². The van der Waals surface area contributed by atoms with Crippen molar-refractivity contribution in [3.63, 3.8) is 0 Å². The molecule has 0 atom stereocenters. The molecule has 0 saturated carbocycles. The van der Waals surface area contributed by atoms with Crippen molar-refractivity contribution >= 4 is 28.0 Å². The Labute approximate surface area is 156 Å². The third kappa shape index (κ3) is 3.78. The lowest BCUT2D eigenvalue weighted by Crippen LogP contribution is -2.32. The van der Waals surface area contributed by atoms with Crippen LogP contribution in [0.2, 0.25) is 0 Å². The first-order valence-corrected chi connectivity index (χ1v) is 9.88. The average molecular weight is 369 g/mol. The standard InChI is InChI=1S/C19H23N5OS/c1-13-3-6-23(7-4-13)10-15-12-26-19(20-15)22-18(25)16-11-24-8-5-14(2)9-17(24)21-16/h5,8-9,11-13H,3-4,6-7,10H2,1-2H3,(H,20,22,25). The summed E-state index contributed by atoms with van der Waals surface area (Å²) in [6.07, 6.45) is 6.16. The van der Waals surface area contributed by atoms with E-state index in [1.54, 1.807) is 6.20 Å². The van der Waals surface area contributed by atoms with Gasteiger partial charge in [-0.15, -0.1) is 11.3 Å². The van der Waals surface area contributed by atoms with Gasteiger partial charge in [-0.2, -0.15) is 0 Å². The summed E-state index contributed by atoms with van der Waals surface area (Å²) in [5.41, 5.74) is 3.31. The highest BCUT2D eigenvalue weighted by Gasteiger charge is 2.18. The molecule has 3 aromatic rings. The summed E-state index contributed by atoms with van der Waals surface area (Å²) in [4.78, 5) is 23.9. The molecule has 1 N–H and O–H groups in total. The normalized spacial score (nSPS) is 16.2. The van der Waals surface area contributed by atoms with Gasteiger partial charge in [0.1, 0.15) is 11.3 Å². The van der Waals surface area contributed by atoms with E-state index in [9.17, 15) is 4.79 Å². The Kier molecular flexibility index (Phi) is 4.74. The van der Waals surface area contributed by atoms with Gasteiger partial charge in [-0.25, -0.2) is 9.97 Å². The summed E-state index contributed by atoms with van der Waals surface area (Å²) in [6, 6.07) is 3.95. The largest absolute Gasteiger partial charge is 0.306 e. The number of piperidine rings is 1. The van der Waals surface area contributed by atoms with Gasteiger partial charge in [0.15, 0.2) is 5.13 Å². The number of hydrogen-bond donors (Lipinski definition) is 1. The van der Waals surface area contributed by atoms with E-state index in [0.29, 0.717) is 10.8 Å². The molecule has 1 aliphatic heterocycles.